The number of hydrogen-bond donors (Lipinski definition) is 0. The van der Waals surface area contributed by atoms with Crippen molar-refractivity contribution < 1.29 is 4.79 Å². The van der Waals surface area contributed by atoms with Crippen LogP contribution in [0.3, 0.4) is 0 Å². The number of benzene rings is 1. The van der Waals surface area contributed by atoms with Crippen LogP contribution in [0.2, 0.25) is 0 Å². The van der Waals surface area contributed by atoms with Gasteiger partial charge in [-0.25, -0.2) is 0 Å². The number of aldehydes is 1. The highest BCUT2D eigenvalue weighted by molar-refractivity contribution is 9.11. The summed E-state index contributed by atoms with van der Waals surface area (Å²) in [6.07, 6.45) is 2.90. The number of rotatable bonds is 1. The first-order valence-electron chi connectivity index (χ1n) is 4.66. The second-order valence-corrected chi connectivity index (χ2v) is 4.55. The number of hydrogen-bond acceptors (Lipinski definition) is 1. The van der Waals surface area contributed by atoms with Crippen LogP contribution in [0.1, 0.15) is 23.1 Å². The van der Waals surface area contributed by atoms with Crippen LogP contribution in [0.25, 0.3) is 5.57 Å². The molecule has 0 heterocycles. The summed E-state index contributed by atoms with van der Waals surface area (Å²) in [7, 11) is 0. The molecule has 72 valence electrons. The second-order valence-electron chi connectivity index (χ2n) is 3.60. The third kappa shape index (κ3) is 1.55. The largest absolute Gasteiger partial charge is 0.298 e. The lowest BCUT2D eigenvalue weighted by atomic mass is 9.90. The lowest BCUT2D eigenvalue weighted by molar-refractivity contribution is -0.103. The summed E-state index contributed by atoms with van der Waals surface area (Å²) in [5.41, 5.74) is 4.39. The minimum absolute atomic E-state index is 0.815. The van der Waals surface area contributed by atoms with Crippen molar-refractivity contribution in [1.29, 1.82) is 0 Å². The van der Waals surface area contributed by atoms with Crippen LogP contribution in [0.5, 0.6) is 0 Å². The molecule has 1 aliphatic carbocycles. The van der Waals surface area contributed by atoms with Gasteiger partial charge in [0.2, 0.25) is 0 Å². The molecule has 1 aliphatic rings. The zero-order valence-corrected chi connectivity index (χ0v) is 9.60. The van der Waals surface area contributed by atoms with Gasteiger partial charge in [0.15, 0.2) is 6.29 Å². The van der Waals surface area contributed by atoms with Gasteiger partial charge in [0.1, 0.15) is 0 Å². The van der Waals surface area contributed by atoms with Gasteiger partial charge in [-0.2, -0.15) is 0 Å². The van der Waals surface area contributed by atoms with Crippen molar-refractivity contribution >= 4 is 27.8 Å². The van der Waals surface area contributed by atoms with Crippen molar-refractivity contribution in [3.8, 4) is 0 Å². The fraction of sp³-hybridized carbons (Fsp3) is 0.250. The Morgan fingerprint density at radius 1 is 1.36 bits per heavy atom. The summed E-state index contributed by atoms with van der Waals surface area (Å²) >= 11 is 3.46. The van der Waals surface area contributed by atoms with Crippen LogP contribution in [0.4, 0.5) is 0 Å². The summed E-state index contributed by atoms with van der Waals surface area (Å²) in [6, 6.07) is 6.30. The van der Waals surface area contributed by atoms with Crippen LogP contribution in [0.15, 0.2) is 22.7 Å². The normalized spacial score (nSPS) is 15.3. The van der Waals surface area contributed by atoms with E-state index in [0.717, 1.165) is 34.7 Å². The van der Waals surface area contributed by atoms with Crippen LogP contribution < -0.4 is 0 Å². The average Bonchev–Trinajstić information content (AvgIpc) is 2.17. The summed E-state index contributed by atoms with van der Waals surface area (Å²) in [5, 5.41) is 0. The van der Waals surface area contributed by atoms with E-state index in [-0.39, 0.29) is 0 Å². The molecule has 1 nitrogen and oxygen atoms in total. The maximum Gasteiger partial charge on any atom is 0.151 e. The molecule has 0 unspecified atom stereocenters. The predicted octanol–water partition coefficient (Wildman–Crippen LogP) is 3.25. The van der Waals surface area contributed by atoms with E-state index in [9.17, 15) is 4.79 Å². The summed E-state index contributed by atoms with van der Waals surface area (Å²) in [5.74, 6) is 0. The SMILES string of the molecule is Cc1ccc2c(c1)C(C=O)=C(Br)CC2. The molecule has 0 spiro atoms. The molecule has 0 bridgehead atoms. The van der Waals surface area contributed by atoms with Gasteiger partial charge in [0.25, 0.3) is 0 Å². The minimum atomic E-state index is 0.815. The molecule has 2 rings (SSSR count). The molecule has 0 N–H and O–H groups in total. The first-order chi connectivity index (χ1) is 6.72. The molecule has 0 radical (unpaired) electrons. The molecular weight excluding hydrogens is 240 g/mol. The quantitative estimate of drug-likeness (QED) is 0.700. The summed E-state index contributed by atoms with van der Waals surface area (Å²) in [4.78, 5) is 11.0. The molecule has 0 amide bonds. The topological polar surface area (TPSA) is 17.1 Å². The molecule has 1 aromatic carbocycles. The van der Waals surface area contributed by atoms with E-state index in [1.807, 2.05) is 6.92 Å². The molecule has 14 heavy (non-hydrogen) atoms. The van der Waals surface area contributed by atoms with Crippen LogP contribution >= 0.6 is 15.9 Å². The maximum atomic E-state index is 11.0. The van der Waals surface area contributed by atoms with Crippen molar-refractivity contribution in [3.63, 3.8) is 0 Å². The monoisotopic (exact) mass is 250 g/mol. The lowest BCUT2D eigenvalue weighted by Gasteiger charge is -2.17. The number of aryl methyl sites for hydroxylation is 2. The highest BCUT2D eigenvalue weighted by Gasteiger charge is 2.16. The van der Waals surface area contributed by atoms with Gasteiger partial charge in [-0.1, -0.05) is 39.7 Å². The van der Waals surface area contributed by atoms with Gasteiger partial charge in [-0.3, -0.25) is 4.79 Å². The van der Waals surface area contributed by atoms with Crippen molar-refractivity contribution in [2.45, 2.75) is 19.8 Å². The number of carbonyl (C=O) groups excluding carboxylic acids is 1. The van der Waals surface area contributed by atoms with Gasteiger partial charge >= 0.3 is 0 Å². The molecule has 0 fully saturated rings. The number of fused-ring (bicyclic) bond motifs is 1. The molecule has 0 atom stereocenters. The van der Waals surface area contributed by atoms with E-state index in [0.29, 0.717) is 0 Å². The Morgan fingerprint density at radius 3 is 2.86 bits per heavy atom. The molecule has 0 aromatic heterocycles. The van der Waals surface area contributed by atoms with Crippen molar-refractivity contribution in [1.82, 2.24) is 0 Å². The van der Waals surface area contributed by atoms with E-state index < -0.39 is 0 Å². The van der Waals surface area contributed by atoms with Gasteiger partial charge in [0, 0.05) is 10.1 Å². The molecule has 1 aromatic rings. The zero-order chi connectivity index (χ0) is 10.1. The first-order valence-corrected chi connectivity index (χ1v) is 5.45. The van der Waals surface area contributed by atoms with Crippen molar-refractivity contribution in [3.05, 3.63) is 39.4 Å². The standard InChI is InChI=1S/C12H11BrO/c1-8-2-3-9-4-5-12(13)11(7-14)10(9)6-8/h2-3,6-7H,4-5H2,1H3. The van der Waals surface area contributed by atoms with E-state index in [2.05, 4.69) is 34.1 Å². The van der Waals surface area contributed by atoms with E-state index in [1.165, 1.54) is 11.1 Å². The second kappa shape index (κ2) is 3.70. The molecule has 0 aliphatic heterocycles. The summed E-state index contributed by atoms with van der Waals surface area (Å²) in [6.45, 7) is 2.05. The van der Waals surface area contributed by atoms with Gasteiger partial charge in [-0.05, 0) is 30.9 Å². The summed E-state index contributed by atoms with van der Waals surface area (Å²) < 4.78 is 1.03. The molecule has 0 saturated heterocycles. The smallest absolute Gasteiger partial charge is 0.151 e. The molecule has 2 heteroatoms. The molecule has 0 saturated carbocycles. The highest BCUT2D eigenvalue weighted by atomic mass is 79.9. The Morgan fingerprint density at radius 2 is 2.14 bits per heavy atom. The maximum absolute atomic E-state index is 11.0. The van der Waals surface area contributed by atoms with Gasteiger partial charge in [-0.15, -0.1) is 0 Å². The Kier molecular flexibility index (Phi) is 2.55. The van der Waals surface area contributed by atoms with Crippen LogP contribution in [-0.4, -0.2) is 6.29 Å². The van der Waals surface area contributed by atoms with E-state index >= 15 is 0 Å². The Bertz CT molecular complexity index is 418. The Hall–Kier alpha value is -0.890. The number of allylic oxidation sites excluding steroid dienone is 2. The number of halogens is 1. The number of carbonyl (C=O) groups is 1. The molecular formula is C12H11BrO. The predicted molar refractivity (Wildman–Crippen MR) is 61.4 cm³/mol. The van der Waals surface area contributed by atoms with Crippen LogP contribution in [-0.2, 0) is 11.2 Å². The Balaban J connectivity index is 2.63. The third-order valence-corrected chi connectivity index (χ3v) is 3.40. The van der Waals surface area contributed by atoms with Crippen molar-refractivity contribution in [2.24, 2.45) is 0 Å². The minimum Gasteiger partial charge on any atom is -0.298 e. The average molecular weight is 251 g/mol. The van der Waals surface area contributed by atoms with E-state index in [1.54, 1.807) is 0 Å². The fourth-order valence-electron chi connectivity index (χ4n) is 1.81. The Labute approximate surface area is 92.0 Å². The zero-order valence-electron chi connectivity index (χ0n) is 8.01. The highest BCUT2D eigenvalue weighted by Crippen LogP contribution is 2.33. The third-order valence-electron chi connectivity index (χ3n) is 2.58. The fourth-order valence-corrected chi connectivity index (χ4v) is 2.32. The van der Waals surface area contributed by atoms with Gasteiger partial charge < -0.3 is 0 Å². The first kappa shape index (κ1) is 9.66. The lowest BCUT2D eigenvalue weighted by Crippen LogP contribution is -2.03. The van der Waals surface area contributed by atoms with Crippen molar-refractivity contribution in [2.75, 3.05) is 0 Å². The van der Waals surface area contributed by atoms with Crippen LogP contribution in [0, 0.1) is 6.92 Å². The van der Waals surface area contributed by atoms with E-state index in [4.69, 9.17) is 0 Å². The van der Waals surface area contributed by atoms with Gasteiger partial charge in [0.05, 0.1) is 0 Å².